The first-order valence-corrected chi connectivity index (χ1v) is 15.2. The molecule has 1 aromatic heterocycles. The van der Waals surface area contributed by atoms with Crippen molar-refractivity contribution in [3.05, 3.63) is 84.2 Å². The Morgan fingerprint density at radius 2 is 1.64 bits per heavy atom. The van der Waals surface area contributed by atoms with Crippen molar-refractivity contribution in [3.8, 4) is 34.0 Å². The number of carbonyl (C=O) groups excluding carboxylic acids is 1. The van der Waals surface area contributed by atoms with E-state index in [9.17, 15) is 24.2 Å². The zero-order chi connectivity index (χ0) is 31.4. The van der Waals surface area contributed by atoms with E-state index in [4.69, 9.17) is 9.26 Å². The first-order valence-electron chi connectivity index (χ1n) is 15.2. The second-order valence-corrected chi connectivity index (χ2v) is 11.8. The van der Waals surface area contributed by atoms with Crippen LogP contribution in [0.3, 0.4) is 0 Å². The second kappa shape index (κ2) is 13.2. The number of likely N-dealkylation sites (tertiary alicyclic amines) is 1. The Bertz CT molecular complexity index is 1630. The van der Waals surface area contributed by atoms with E-state index in [0.717, 1.165) is 16.7 Å². The highest BCUT2D eigenvalue weighted by Gasteiger charge is 2.46. The number of piperidine rings is 1. The number of ether oxygens (including phenoxy) is 1. The van der Waals surface area contributed by atoms with Gasteiger partial charge >= 0.3 is 6.16 Å². The van der Waals surface area contributed by atoms with Crippen LogP contribution >= 0.6 is 0 Å². The molecule has 0 unspecified atom stereocenters. The van der Waals surface area contributed by atoms with E-state index in [2.05, 4.69) is 20.4 Å². The molecule has 0 spiro atoms. The zero-order valence-electron chi connectivity index (χ0n) is 24.7. The Kier molecular flexibility index (Phi) is 8.90. The van der Waals surface area contributed by atoms with Crippen molar-refractivity contribution >= 4 is 12.1 Å². The van der Waals surface area contributed by atoms with Gasteiger partial charge in [-0.1, -0.05) is 65.8 Å². The van der Waals surface area contributed by atoms with E-state index in [-0.39, 0.29) is 36.7 Å². The molecule has 1 aliphatic carbocycles. The summed E-state index contributed by atoms with van der Waals surface area (Å²) in [6, 6.07) is 21.8. The molecule has 3 N–H and O–H groups in total. The molecule has 11 heteroatoms. The van der Waals surface area contributed by atoms with Gasteiger partial charge < -0.3 is 24.8 Å². The second-order valence-electron chi connectivity index (χ2n) is 11.8. The summed E-state index contributed by atoms with van der Waals surface area (Å²) >= 11 is 0. The number of hydrogen-bond donors (Lipinski definition) is 3. The number of amides is 1. The summed E-state index contributed by atoms with van der Waals surface area (Å²) in [5.74, 6) is -0.170. The van der Waals surface area contributed by atoms with Gasteiger partial charge in [-0.2, -0.15) is 4.98 Å². The quantitative estimate of drug-likeness (QED) is 0.215. The van der Waals surface area contributed by atoms with E-state index in [1.807, 2.05) is 54.6 Å². The highest BCUT2D eigenvalue weighted by molar-refractivity contribution is 5.87. The first kappa shape index (κ1) is 30.4. The SMILES string of the molecule is O=C(O)OC1(C(=O)NC2CCC(O)CC2)CCN(Cc2ccc(-c3noc(-c4ccc(-c5ccccc5)c(F)c4)n3)cc2)CC1. The summed E-state index contributed by atoms with van der Waals surface area (Å²) in [7, 11) is 0. The highest BCUT2D eigenvalue weighted by Crippen LogP contribution is 2.31. The number of aromatic nitrogens is 2. The number of nitrogens with one attached hydrogen (secondary N) is 1. The van der Waals surface area contributed by atoms with E-state index >= 15 is 0 Å². The van der Waals surface area contributed by atoms with Crippen molar-refractivity contribution < 1.29 is 33.5 Å². The number of carbonyl (C=O) groups is 2. The van der Waals surface area contributed by atoms with Gasteiger partial charge in [-0.05, 0) is 48.9 Å². The fourth-order valence-electron chi connectivity index (χ4n) is 6.13. The summed E-state index contributed by atoms with van der Waals surface area (Å²) < 4.78 is 25.5. The third-order valence-corrected chi connectivity index (χ3v) is 8.74. The van der Waals surface area contributed by atoms with Gasteiger partial charge in [-0.15, -0.1) is 0 Å². The fourth-order valence-corrected chi connectivity index (χ4v) is 6.13. The van der Waals surface area contributed by atoms with Gasteiger partial charge in [0.15, 0.2) is 5.60 Å². The molecule has 1 saturated heterocycles. The molecule has 3 aromatic carbocycles. The summed E-state index contributed by atoms with van der Waals surface area (Å²) in [6.45, 7) is 1.58. The number of hydrogen-bond acceptors (Lipinski definition) is 8. The van der Waals surface area contributed by atoms with Gasteiger partial charge in [0.25, 0.3) is 11.8 Å². The molecule has 6 rings (SSSR count). The van der Waals surface area contributed by atoms with Crippen molar-refractivity contribution in [1.82, 2.24) is 20.4 Å². The maximum absolute atomic E-state index is 14.9. The van der Waals surface area contributed by atoms with Crippen molar-refractivity contribution in [3.63, 3.8) is 0 Å². The Balaban J connectivity index is 1.06. The Morgan fingerprint density at radius 3 is 2.31 bits per heavy atom. The average Bonchev–Trinajstić information content (AvgIpc) is 3.54. The predicted octanol–water partition coefficient (Wildman–Crippen LogP) is 5.66. The van der Waals surface area contributed by atoms with Crippen molar-refractivity contribution in [1.29, 1.82) is 0 Å². The van der Waals surface area contributed by atoms with Gasteiger partial charge in [-0.3, -0.25) is 9.69 Å². The Labute approximate surface area is 259 Å². The van der Waals surface area contributed by atoms with Crippen LogP contribution in [0.15, 0.2) is 77.3 Å². The van der Waals surface area contributed by atoms with E-state index in [1.165, 1.54) is 6.07 Å². The summed E-state index contributed by atoms with van der Waals surface area (Å²) in [5, 5.41) is 26.2. The molecule has 234 valence electrons. The van der Waals surface area contributed by atoms with Gasteiger partial charge in [0.05, 0.1) is 6.10 Å². The topological polar surface area (TPSA) is 138 Å². The number of aliphatic hydroxyl groups excluding tert-OH is 1. The molecular weight excluding hydrogens is 579 g/mol. The van der Waals surface area contributed by atoms with Gasteiger partial charge in [0.1, 0.15) is 5.82 Å². The molecule has 0 radical (unpaired) electrons. The Morgan fingerprint density at radius 1 is 0.956 bits per heavy atom. The molecule has 2 aliphatic rings. The standard InChI is InChI=1S/C34H35FN4O6/c35-29-20-25(10-15-28(29)23-4-2-1-3-5-23)31-37-30(38-45-31)24-8-6-22(7-9-24)21-39-18-16-34(17-19-39,44-33(42)43)32(41)36-26-11-13-27(40)14-12-26/h1-10,15,20,26-27,40H,11-14,16-19,21H2,(H,36,41)(H,42,43). The maximum atomic E-state index is 14.9. The van der Waals surface area contributed by atoms with Crippen molar-refractivity contribution in [2.75, 3.05) is 13.1 Å². The van der Waals surface area contributed by atoms with Gasteiger partial charge in [-0.25, -0.2) is 9.18 Å². The molecule has 1 amide bonds. The number of aliphatic hydroxyl groups is 1. The minimum absolute atomic E-state index is 0.0941. The average molecular weight is 615 g/mol. The lowest BCUT2D eigenvalue weighted by atomic mass is 9.87. The largest absolute Gasteiger partial charge is 0.506 e. The van der Waals surface area contributed by atoms with Crippen LogP contribution in [0.1, 0.15) is 44.1 Å². The normalized spacial score (nSPS) is 20.0. The van der Waals surface area contributed by atoms with Crippen LogP contribution in [0.4, 0.5) is 9.18 Å². The minimum Gasteiger partial charge on any atom is -0.450 e. The number of nitrogens with zero attached hydrogens (tertiary/aromatic N) is 3. The van der Waals surface area contributed by atoms with E-state index in [0.29, 0.717) is 62.3 Å². The summed E-state index contributed by atoms with van der Waals surface area (Å²) in [6.07, 6.45) is 1.22. The van der Waals surface area contributed by atoms with Gasteiger partial charge in [0.2, 0.25) is 5.82 Å². The third-order valence-electron chi connectivity index (χ3n) is 8.74. The smallest absolute Gasteiger partial charge is 0.450 e. The maximum Gasteiger partial charge on any atom is 0.506 e. The van der Waals surface area contributed by atoms with Gasteiger partial charge in [0, 0.05) is 55.2 Å². The minimum atomic E-state index is -1.47. The van der Waals surface area contributed by atoms with Crippen LogP contribution in [-0.2, 0) is 16.1 Å². The zero-order valence-corrected chi connectivity index (χ0v) is 24.7. The van der Waals surface area contributed by atoms with Crippen LogP contribution in [0.2, 0.25) is 0 Å². The first-order chi connectivity index (χ1) is 21.8. The number of halogens is 1. The number of rotatable bonds is 8. The molecule has 10 nitrogen and oxygen atoms in total. The molecule has 4 aromatic rings. The molecule has 2 fully saturated rings. The number of benzene rings is 3. The lowest BCUT2D eigenvalue weighted by molar-refractivity contribution is -0.149. The van der Waals surface area contributed by atoms with E-state index in [1.54, 1.807) is 12.1 Å². The molecular formula is C34H35FN4O6. The van der Waals surface area contributed by atoms with Crippen LogP contribution in [0, 0.1) is 5.82 Å². The highest BCUT2D eigenvalue weighted by atomic mass is 19.1. The lowest BCUT2D eigenvalue weighted by Crippen LogP contribution is -2.58. The molecule has 0 bridgehead atoms. The molecule has 1 aliphatic heterocycles. The molecule has 45 heavy (non-hydrogen) atoms. The van der Waals surface area contributed by atoms with Crippen molar-refractivity contribution in [2.45, 2.75) is 62.8 Å². The van der Waals surface area contributed by atoms with Crippen LogP contribution < -0.4 is 5.32 Å². The summed E-state index contributed by atoms with van der Waals surface area (Å²) in [5.41, 5.74) is 2.11. The lowest BCUT2D eigenvalue weighted by Gasteiger charge is -2.40. The summed E-state index contributed by atoms with van der Waals surface area (Å²) in [4.78, 5) is 31.4. The monoisotopic (exact) mass is 614 g/mol. The number of carboxylic acid groups (broad SMARTS) is 1. The fraction of sp³-hybridized carbons (Fsp3) is 0.353. The third kappa shape index (κ3) is 7.05. The Hall–Kier alpha value is -4.61. The van der Waals surface area contributed by atoms with Crippen LogP contribution in [-0.4, -0.2) is 68.2 Å². The van der Waals surface area contributed by atoms with Crippen molar-refractivity contribution in [2.24, 2.45) is 0 Å². The predicted molar refractivity (Wildman–Crippen MR) is 163 cm³/mol. The van der Waals surface area contributed by atoms with Crippen LogP contribution in [0.25, 0.3) is 34.0 Å². The molecule has 1 saturated carbocycles. The molecule has 2 heterocycles. The molecule has 0 atom stereocenters. The van der Waals surface area contributed by atoms with E-state index < -0.39 is 17.7 Å². The van der Waals surface area contributed by atoms with Crippen LogP contribution in [0.5, 0.6) is 0 Å².